The van der Waals surface area contributed by atoms with Gasteiger partial charge in [-0.15, -0.1) is 0 Å². The summed E-state index contributed by atoms with van der Waals surface area (Å²) in [7, 11) is 3.21. The lowest BCUT2D eigenvalue weighted by Gasteiger charge is -2.17. The van der Waals surface area contributed by atoms with Crippen LogP contribution in [-0.2, 0) is 18.2 Å². The van der Waals surface area contributed by atoms with Gasteiger partial charge in [-0.25, -0.2) is 17.9 Å². The van der Waals surface area contributed by atoms with Crippen molar-refractivity contribution < 1.29 is 13.3 Å². The summed E-state index contributed by atoms with van der Waals surface area (Å²) in [5, 5.41) is 9.85. The lowest BCUT2D eigenvalue weighted by atomic mass is 10.1. The van der Waals surface area contributed by atoms with Gasteiger partial charge in [0.05, 0.1) is 22.9 Å². The number of anilines is 1. The molecule has 10 heteroatoms. The van der Waals surface area contributed by atoms with Crippen LogP contribution in [0.25, 0.3) is 10.9 Å². The van der Waals surface area contributed by atoms with Crippen molar-refractivity contribution in [3.63, 3.8) is 0 Å². The molecule has 1 atom stereocenters. The van der Waals surface area contributed by atoms with E-state index in [1.807, 2.05) is 13.0 Å². The summed E-state index contributed by atoms with van der Waals surface area (Å²) in [4.78, 5) is 16.4. The van der Waals surface area contributed by atoms with Crippen molar-refractivity contribution >= 4 is 27.8 Å². The molecule has 0 fully saturated rings. The van der Waals surface area contributed by atoms with Crippen molar-refractivity contribution in [2.45, 2.75) is 6.92 Å². The molecule has 2 aromatic carbocycles. The number of nitrogens with one attached hydrogen (secondary N) is 1. The molecule has 0 aliphatic carbocycles. The van der Waals surface area contributed by atoms with Gasteiger partial charge < -0.3 is 9.30 Å². The van der Waals surface area contributed by atoms with Crippen LogP contribution in [0.15, 0.2) is 41.5 Å². The lowest BCUT2D eigenvalue weighted by molar-refractivity contribution is 0.441. The van der Waals surface area contributed by atoms with Gasteiger partial charge >= 0.3 is 0 Å². The van der Waals surface area contributed by atoms with Gasteiger partial charge in [0.15, 0.2) is 22.7 Å². The number of hydrogen-bond donors (Lipinski definition) is 1. The second-order valence-corrected chi connectivity index (χ2v) is 7.47. The number of nitrogens with zero attached hydrogens (tertiary/aromatic N) is 4. The number of aryl methyl sites for hydroxylation is 1. The van der Waals surface area contributed by atoms with Crippen LogP contribution in [0.2, 0.25) is 0 Å². The fraction of sp³-hybridized carbons (Fsp3) is 0.211. The molecule has 1 aromatic heterocycles. The second kappa shape index (κ2) is 8.38. The fourth-order valence-electron chi connectivity index (χ4n) is 2.51. The normalized spacial score (nSPS) is 12.0. The molecule has 0 saturated carbocycles. The molecule has 1 N–H and O–H groups in total. The predicted molar refractivity (Wildman–Crippen MR) is 108 cm³/mol. The Morgan fingerprint density at radius 2 is 2.14 bits per heavy atom. The highest BCUT2D eigenvalue weighted by Gasteiger charge is 2.19. The predicted octanol–water partition coefficient (Wildman–Crippen LogP) is 2.68. The first-order valence-electron chi connectivity index (χ1n) is 8.61. The third-order valence-corrected chi connectivity index (χ3v) is 5.47. The van der Waals surface area contributed by atoms with Crippen molar-refractivity contribution in [1.82, 2.24) is 13.9 Å². The van der Waals surface area contributed by atoms with Crippen LogP contribution in [0.3, 0.4) is 0 Å². The highest BCUT2D eigenvalue weighted by Crippen LogP contribution is 2.33. The zero-order valence-corrected chi connectivity index (χ0v) is 16.8. The summed E-state index contributed by atoms with van der Waals surface area (Å²) in [6, 6.07) is 8.86. The monoisotopic (exact) mass is 415 g/mol. The molecule has 0 aliphatic rings. The van der Waals surface area contributed by atoms with E-state index >= 15 is 0 Å². The standard InChI is InChI=1S/C19H18FN5O3S/c1-4-25(3)29(27)23-17-8-6-15(20)18(14(17)10-21)28-12-5-7-16-13(9-12)19(26)24(2)11-22-16/h5-9,11,23H,4H2,1-3H3. The van der Waals surface area contributed by atoms with E-state index in [-0.39, 0.29) is 28.3 Å². The van der Waals surface area contributed by atoms with Crippen molar-refractivity contribution in [2.75, 3.05) is 18.3 Å². The van der Waals surface area contributed by atoms with Gasteiger partial charge in [0.25, 0.3) is 5.56 Å². The third-order valence-electron chi connectivity index (χ3n) is 4.26. The van der Waals surface area contributed by atoms with Crippen LogP contribution in [0, 0.1) is 17.1 Å². The van der Waals surface area contributed by atoms with Gasteiger partial charge in [-0.2, -0.15) is 5.26 Å². The van der Waals surface area contributed by atoms with Gasteiger partial charge in [0.2, 0.25) is 0 Å². The summed E-state index contributed by atoms with van der Waals surface area (Å²) in [6.45, 7) is 2.33. The topological polar surface area (TPSA) is 100 Å². The molecule has 3 aromatic rings. The summed E-state index contributed by atoms with van der Waals surface area (Å²) in [5.41, 5.74) is 0.215. The molecule has 0 radical (unpaired) electrons. The van der Waals surface area contributed by atoms with E-state index < -0.39 is 17.0 Å². The largest absolute Gasteiger partial charge is 0.453 e. The number of fused-ring (bicyclic) bond motifs is 1. The summed E-state index contributed by atoms with van der Waals surface area (Å²) in [6.07, 6.45) is 1.40. The maximum atomic E-state index is 14.5. The molecule has 0 bridgehead atoms. The number of ether oxygens (including phenoxy) is 1. The zero-order valence-electron chi connectivity index (χ0n) is 16.0. The highest BCUT2D eigenvalue weighted by atomic mass is 32.2. The number of halogens is 1. The first-order chi connectivity index (χ1) is 13.8. The third kappa shape index (κ3) is 4.11. The first kappa shape index (κ1) is 20.4. The van der Waals surface area contributed by atoms with E-state index in [0.717, 1.165) is 6.07 Å². The van der Waals surface area contributed by atoms with Crippen LogP contribution in [0.1, 0.15) is 12.5 Å². The molecule has 0 amide bonds. The molecular formula is C19H18FN5O3S. The fourth-order valence-corrected chi connectivity index (χ4v) is 3.26. The summed E-state index contributed by atoms with van der Waals surface area (Å²) >= 11 is -1.61. The van der Waals surface area contributed by atoms with E-state index in [2.05, 4.69) is 9.71 Å². The van der Waals surface area contributed by atoms with Gasteiger partial charge in [0, 0.05) is 20.6 Å². The Labute approximate surface area is 168 Å². The Balaban J connectivity index is 2.03. The quantitative estimate of drug-likeness (QED) is 0.667. The number of nitriles is 1. The average Bonchev–Trinajstić information content (AvgIpc) is 2.72. The van der Waals surface area contributed by atoms with Gasteiger partial charge in [-0.1, -0.05) is 6.92 Å². The van der Waals surface area contributed by atoms with Crippen LogP contribution in [0.4, 0.5) is 10.1 Å². The first-order valence-corrected chi connectivity index (χ1v) is 9.72. The Bertz CT molecular complexity index is 1200. The van der Waals surface area contributed by atoms with E-state index in [0.29, 0.717) is 17.4 Å². The number of hydrogen-bond acceptors (Lipinski definition) is 5. The minimum Gasteiger partial charge on any atom is -0.453 e. The Kier molecular flexibility index (Phi) is 5.91. The second-order valence-electron chi connectivity index (χ2n) is 6.15. The summed E-state index contributed by atoms with van der Waals surface area (Å²) < 4.78 is 37.8. The minimum atomic E-state index is -1.61. The molecule has 0 aliphatic heterocycles. The van der Waals surface area contributed by atoms with E-state index in [9.17, 15) is 18.7 Å². The average molecular weight is 415 g/mol. The number of aromatic nitrogens is 2. The van der Waals surface area contributed by atoms with Crippen LogP contribution >= 0.6 is 0 Å². The van der Waals surface area contributed by atoms with Crippen LogP contribution in [-0.4, -0.2) is 31.7 Å². The van der Waals surface area contributed by atoms with E-state index in [1.54, 1.807) is 20.2 Å². The van der Waals surface area contributed by atoms with Crippen molar-refractivity contribution in [2.24, 2.45) is 7.05 Å². The maximum absolute atomic E-state index is 14.5. The summed E-state index contributed by atoms with van der Waals surface area (Å²) in [5.74, 6) is -0.920. The van der Waals surface area contributed by atoms with Gasteiger partial charge in [-0.3, -0.25) is 9.52 Å². The smallest absolute Gasteiger partial charge is 0.261 e. The molecule has 0 spiro atoms. The molecule has 0 saturated heterocycles. The minimum absolute atomic E-state index is 0.137. The van der Waals surface area contributed by atoms with Crippen LogP contribution < -0.4 is 15.0 Å². The van der Waals surface area contributed by atoms with Gasteiger partial charge in [0.1, 0.15) is 17.4 Å². The Morgan fingerprint density at radius 1 is 1.38 bits per heavy atom. The highest BCUT2D eigenvalue weighted by molar-refractivity contribution is 7.84. The molecule has 8 nitrogen and oxygen atoms in total. The molecular weight excluding hydrogens is 397 g/mol. The van der Waals surface area contributed by atoms with E-state index in [1.165, 1.54) is 33.4 Å². The number of rotatable bonds is 6. The van der Waals surface area contributed by atoms with Crippen molar-refractivity contribution in [3.05, 3.63) is 58.4 Å². The maximum Gasteiger partial charge on any atom is 0.261 e. The molecule has 150 valence electrons. The van der Waals surface area contributed by atoms with E-state index in [4.69, 9.17) is 4.74 Å². The zero-order chi connectivity index (χ0) is 21.1. The number of benzene rings is 2. The van der Waals surface area contributed by atoms with Gasteiger partial charge in [-0.05, 0) is 30.3 Å². The van der Waals surface area contributed by atoms with Crippen LogP contribution in [0.5, 0.6) is 11.5 Å². The Hall–Kier alpha value is -3.29. The van der Waals surface area contributed by atoms with Crippen molar-refractivity contribution in [1.29, 1.82) is 5.26 Å². The van der Waals surface area contributed by atoms with Crippen molar-refractivity contribution in [3.8, 4) is 17.6 Å². The Morgan fingerprint density at radius 3 is 2.83 bits per heavy atom. The molecule has 3 rings (SSSR count). The molecule has 1 heterocycles. The molecule has 29 heavy (non-hydrogen) atoms. The lowest BCUT2D eigenvalue weighted by Crippen LogP contribution is -2.26. The SMILES string of the molecule is CCN(C)S(=O)Nc1ccc(F)c(Oc2ccc3ncn(C)c(=O)c3c2)c1C#N. The molecule has 1 unspecified atom stereocenters.